The molecule has 4 heteroatoms. The molecule has 1 aromatic rings. The van der Waals surface area contributed by atoms with E-state index < -0.39 is 0 Å². The standard InChI is InChI=1S/C16H24N2O2/c1-3-9-18-14-8-7-13-12(14)5-4-6-15(13)20-10-11(2)16(17)19/h4-6,11,14,18H,3,7-10H2,1-2H3,(H2,17,19). The highest BCUT2D eigenvalue weighted by Crippen LogP contribution is 2.37. The number of fused-ring (bicyclic) bond motifs is 1. The maximum Gasteiger partial charge on any atom is 0.223 e. The molecule has 0 spiro atoms. The van der Waals surface area contributed by atoms with Crippen LogP contribution in [0.25, 0.3) is 0 Å². The van der Waals surface area contributed by atoms with Gasteiger partial charge in [0.1, 0.15) is 5.75 Å². The van der Waals surface area contributed by atoms with Crippen LogP contribution in [0.1, 0.15) is 43.9 Å². The van der Waals surface area contributed by atoms with Gasteiger partial charge < -0.3 is 15.8 Å². The smallest absolute Gasteiger partial charge is 0.223 e. The van der Waals surface area contributed by atoms with Crippen molar-refractivity contribution in [2.75, 3.05) is 13.2 Å². The highest BCUT2D eigenvalue weighted by Gasteiger charge is 2.24. The summed E-state index contributed by atoms with van der Waals surface area (Å²) in [6.07, 6.45) is 3.27. The Kier molecular flexibility index (Phi) is 5.01. The third-order valence-electron chi connectivity index (χ3n) is 3.84. The Morgan fingerprint density at radius 2 is 2.35 bits per heavy atom. The molecule has 0 bridgehead atoms. The molecule has 1 aromatic carbocycles. The lowest BCUT2D eigenvalue weighted by Crippen LogP contribution is -2.26. The van der Waals surface area contributed by atoms with Gasteiger partial charge in [0.15, 0.2) is 0 Å². The van der Waals surface area contributed by atoms with Crippen molar-refractivity contribution in [2.24, 2.45) is 11.7 Å². The van der Waals surface area contributed by atoms with Gasteiger partial charge in [-0.1, -0.05) is 26.0 Å². The van der Waals surface area contributed by atoms with Crippen molar-refractivity contribution < 1.29 is 9.53 Å². The minimum absolute atomic E-state index is 0.263. The van der Waals surface area contributed by atoms with Crippen LogP contribution >= 0.6 is 0 Å². The second-order valence-electron chi connectivity index (χ2n) is 5.48. The summed E-state index contributed by atoms with van der Waals surface area (Å²) < 4.78 is 5.80. The van der Waals surface area contributed by atoms with Crippen LogP contribution in [0.4, 0.5) is 0 Å². The Morgan fingerprint density at radius 3 is 3.05 bits per heavy atom. The van der Waals surface area contributed by atoms with Crippen LogP contribution in [0.2, 0.25) is 0 Å². The largest absolute Gasteiger partial charge is 0.492 e. The fourth-order valence-electron chi connectivity index (χ4n) is 2.58. The summed E-state index contributed by atoms with van der Waals surface area (Å²) in [5.74, 6) is 0.317. The van der Waals surface area contributed by atoms with Gasteiger partial charge in [0.2, 0.25) is 5.91 Å². The first-order chi connectivity index (χ1) is 9.63. The molecule has 3 N–H and O–H groups in total. The molecule has 0 heterocycles. The first kappa shape index (κ1) is 14.9. The number of hydrogen-bond donors (Lipinski definition) is 2. The Labute approximate surface area is 120 Å². The Hall–Kier alpha value is -1.55. The summed E-state index contributed by atoms with van der Waals surface area (Å²) in [7, 11) is 0. The topological polar surface area (TPSA) is 64.3 Å². The van der Waals surface area contributed by atoms with E-state index in [1.54, 1.807) is 6.92 Å². The highest BCUT2D eigenvalue weighted by molar-refractivity contribution is 5.76. The number of nitrogens with two attached hydrogens (primary N) is 1. The van der Waals surface area contributed by atoms with Gasteiger partial charge >= 0.3 is 0 Å². The molecule has 1 amide bonds. The van der Waals surface area contributed by atoms with Gasteiger partial charge in [-0.2, -0.15) is 0 Å². The molecule has 1 aliphatic carbocycles. The molecule has 2 rings (SSSR count). The average Bonchev–Trinajstić information content (AvgIpc) is 2.86. The van der Waals surface area contributed by atoms with Crippen molar-refractivity contribution in [3.63, 3.8) is 0 Å². The van der Waals surface area contributed by atoms with Crippen LogP contribution in [0.3, 0.4) is 0 Å². The number of rotatable bonds is 7. The molecule has 0 saturated carbocycles. The molecule has 0 aromatic heterocycles. The van der Waals surface area contributed by atoms with Gasteiger partial charge in [0.05, 0.1) is 12.5 Å². The van der Waals surface area contributed by atoms with Gasteiger partial charge in [-0.25, -0.2) is 0 Å². The summed E-state index contributed by atoms with van der Waals surface area (Å²) in [4.78, 5) is 11.1. The summed E-state index contributed by atoms with van der Waals surface area (Å²) in [6, 6.07) is 6.60. The summed E-state index contributed by atoms with van der Waals surface area (Å²) >= 11 is 0. The van der Waals surface area contributed by atoms with Crippen LogP contribution in [0.15, 0.2) is 18.2 Å². The maximum atomic E-state index is 11.1. The lowest BCUT2D eigenvalue weighted by atomic mass is 10.1. The maximum absolute atomic E-state index is 11.1. The second kappa shape index (κ2) is 6.75. The molecule has 20 heavy (non-hydrogen) atoms. The monoisotopic (exact) mass is 276 g/mol. The van der Waals surface area contributed by atoms with E-state index in [2.05, 4.69) is 18.3 Å². The normalized spacial score (nSPS) is 18.6. The number of carbonyl (C=O) groups excluding carboxylic acids is 1. The van der Waals surface area contributed by atoms with Crippen LogP contribution in [-0.4, -0.2) is 19.1 Å². The van der Waals surface area contributed by atoms with Gasteiger partial charge in [-0.05, 0) is 43.0 Å². The third kappa shape index (κ3) is 3.31. The quantitative estimate of drug-likeness (QED) is 0.802. The van der Waals surface area contributed by atoms with Crippen LogP contribution in [-0.2, 0) is 11.2 Å². The number of nitrogens with one attached hydrogen (secondary N) is 1. The zero-order chi connectivity index (χ0) is 14.5. The van der Waals surface area contributed by atoms with E-state index in [0.29, 0.717) is 12.6 Å². The number of carbonyl (C=O) groups is 1. The average molecular weight is 276 g/mol. The highest BCUT2D eigenvalue weighted by atomic mass is 16.5. The summed E-state index contributed by atoms with van der Waals surface area (Å²) in [5.41, 5.74) is 7.87. The Morgan fingerprint density at radius 1 is 1.55 bits per heavy atom. The lowest BCUT2D eigenvalue weighted by Gasteiger charge is -2.15. The van der Waals surface area contributed by atoms with E-state index in [4.69, 9.17) is 10.5 Å². The number of ether oxygens (including phenoxy) is 1. The van der Waals surface area contributed by atoms with E-state index in [1.165, 1.54) is 11.1 Å². The number of primary amides is 1. The first-order valence-electron chi connectivity index (χ1n) is 7.40. The minimum Gasteiger partial charge on any atom is -0.492 e. The van der Waals surface area contributed by atoms with Crippen molar-refractivity contribution in [3.8, 4) is 5.75 Å². The first-order valence-corrected chi connectivity index (χ1v) is 7.40. The van der Waals surface area contributed by atoms with Gasteiger partial charge in [0, 0.05) is 6.04 Å². The lowest BCUT2D eigenvalue weighted by molar-refractivity contribution is -0.122. The molecule has 0 saturated heterocycles. The van der Waals surface area contributed by atoms with Crippen molar-refractivity contribution >= 4 is 5.91 Å². The molecule has 2 atom stereocenters. The van der Waals surface area contributed by atoms with Gasteiger partial charge in [0.25, 0.3) is 0 Å². The van der Waals surface area contributed by atoms with Crippen molar-refractivity contribution in [1.29, 1.82) is 0 Å². The van der Waals surface area contributed by atoms with Crippen LogP contribution in [0.5, 0.6) is 5.75 Å². The molecule has 1 aliphatic rings. The fraction of sp³-hybridized carbons (Fsp3) is 0.562. The van der Waals surface area contributed by atoms with E-state index in [1.807, 2.05) is 12.1 Å². The predicted molar refractivity (Wildman–Crippen MR) is 79.7 cm³/mol. The van der Waals surface area contributed by atoms with Gasteiger partial charge in [-0.15, -0.1) is 0 Å². The molecular weight excluding hydrogens is 252 g/mol. The zero-order valence-corrected chi connectivity index (χ0v) is 12.3. The SMILES string of the molecule is CCCNC1CCc2c(OCC(C)C(N)=O)cccc21. The molecular formula is C16H24N2O2. The third-order valence-corrected chi connectivity index (χ3v) is 3.84. The van der Waals surface area contributed by atoms with Crippen molar-refractivity contribution in [3.05, 3.63) is 29.3 Å². The van der Waals surface area contributed by atoms with E-state index in [9.17, 15) is 4.79 Å². The Bertz CT molecular complexity index is 474. The van der Waals surface area contributed by atoms with Crippen molar-refractivity contribution in [1.82, 2.24) is 5.32 Å². The molecule has 0 fully saturated rings. The molecule has 0 radical (unpaired) electrons. The predicted octanol–water partition coefficient (Wildman–Crippen LogP) is 2.17. The number of benzene rings is 1. The molecule has 2 unspecified atom stereocenters. The minimum atomic E-state index is -0.319. The van der Waals surface area contributed by atoms with E-state index in [0.717, 1.165) is 31.6 Å². The zero-order valence-electron chi connectivity index (χ0n) is 12.3. The fourth-order valence-corrected chi connectivity index (χ4v) is 2.58. The summed E-state index contributed by atoms with van der Waals surface area (Å²) in [5, 5.41) is 3.57. The Balaban J connectivity index is 2.06. The van der Waals surface area contributed by atoms with Gasteiger partial charge in [-0.3, -0.25) is 4.79 Å². The summed E-state index contributed by atoms with van der Waals surface area (Å²) in [6.45, 7) is 5.34. The van der Waals surface area contributed by atoms with E-state index >= 15 is 0 Å². The second-order valence-corrected chi connectivity index (χ2v) is 5.48. The molecule has 4 nitrogen and oxygen atoms in total. The number of hydrogen-bond acceptors (Lipinski definition) is 3. The molecule has 0 aliphatic heterocycles. The number of amides is 1. The van der Waals surface area contributed by atoms with Crippen LogP contribution < -0.4 is 15.8 Å². The van der Waals surface area contributed by atoms with Crippen LogP contribution in [0, 0.1) is 5.92 Å². The van der Waals surface area contributed by atoms with E-state index in [-0.39, 0.29) is 11.8 Å². The molecule has 110 valence electrons. The van der Waals surface area contributed by atoms with Crippen molar-refractivity contribution in [2.45, 2.75) is 39.2 Å².